The molecule has 0 bridgehead atoms. The van der Waals surface area contributed by atoms with E-state index < -0.39 is 5.76 Å². The van der Waals surface area contributed by atoms with Crippen LogP contribution in [0, 0.1) is 0 Å². The Balaban J connectivity index is 1.50. The van der Waals surface area contributed by atoms with Gasteiger partial charge in [0.2, 0.25) is 5.91 Å². The first-order valence-electron chi connectivity index (χ1n) is 8.93. The number of alkyl halides is 2. The van der Waals surface area contributed by atoms with Crippen molar-refractivity contribution in [3.05, 3.63) is 54.6 Å². The van der Waals surface area contributed by atoms with E-state index in [0.29, 0.717) is 22.3 Å². The van der Waals surface area contributed by atoms with Gasteiger partial charge in [-0.05, 0) is 43.3 Å². The minimum absolute atomic E-state index is 0.0857. The van der Waals surface area contributed by atoms with E-state index in [0.717, 1.165) is 26.2 Å². The molecule has 1 fully saturated rings. The van der Waals surface area contributed by atoms with Gasteiger partial charge in [-0.3, -0.25) is 9.69 Å². The van der Waals surface area contributed by atoms with E-state index in [1.165, 1.54) is 5.69 Å². The number of piperazine rings is 1. The molecule has 2 aromatic rings. The number of para-hydroxylation sites is 1. The quantitative estimate of drug-likeness (QED) is 0.751. The van der Waals surface area contributed by atoms with Crippen molar-refractivity contribution in [1.29, 1.82) is 0 Å². The van der Waals surface area contributed by atoms with Gasteiger partial charge in [-0.15, -0.1) is 0 Å². The lowest BCUT2D eigenvalue weighted by Crippen LogP contribution is -2.52. The Morgan fingerprint density at radius 2 is 1.63 bits per heavy atom. The van der Waals surface area contributed by atoms with Crippen LogP contribution in [0.25, 0.3) is 0 Å². The third-order valence-electron chi connectivity index (χ3n) is 4.71. The van der Waals surface area contributed by atoms with Crippen molar-refractivity contribution < 1.29 is 13.6 Å². The van der Waals surface area contributed by atoms with Gasteiger partial charge in [0.25, 0.3) is 5.76 Å². The summed E-state index contributed by atoms with van der Waals surface area (Å²) in [6, 6.07) is 16.5. The van der Waals surface area contributed by atoms with Crippen LogP contribution in [0.3, 0.4) is 0 Å². The predicted octanol–water partition coefficient (Wildman–Crippen LogP) is 4.15. The molecule has 144 valence electrons. The first-order chi connectivity index (χ1) is 13.0. The zero-order valence-electron chi connectivity index (χ0n) is 15.1. The molecule has 1 saturated heterocycles. The zero-order valence-corrected chi connectivity index (χ0v) is 16.0. The molecule has 1 atom stereocenters. The minimum Gasteiger partial charge on any atom is -0.369 e. The number of amides is 1. The average Bonchev–Trinajstić information content (AvgIpc) is 2.69. The number of nitrogens with zero attached hydrogens (tertiary/aromatic N) is 2. The lowest BCUT2D eigenvalue weighted by atomic mass is 10.2. The van der Waals surface area contributed by atoms with Crippen LogP contribution in [-0.4, -0.2) is 48.8 Å². The highest BCUT2D eigenvalue weighted by Crippen LogP contribution is 2.26. The molecule has 4 nitrogen and oxygen atoms in total. The molecule has 3 rings (SSSR count). The molecule has 0 aromatic heterocycles. The molecule has 0 aliphatic carbocycles. The largest absolute Gasteiger partial charge is 0.369 e. The molecule has 7 heteroatoms. The molecule has 1 aliphatic rings. The number of thioether (sulfide) groups is 1. The van der Waals surface area contributed by atoms with Crippen LogP contribution in [0.1, 0.15) is 6.92 Å². The summed E-state index contributed by atoms with van der Waals surface area (Å²) < 4.78 is 24.7. The van der Waals surface area contributed by atoms with Gasteiger partial charge in [0.05, 0.1) is 6.04 Å². The molecule has 1 N–H and O–H groups in total. The van der Waals surface area contributed by atoms with Crippen LogP contribution in [0.4, 0.5) is 20.2 Å². The Kier molecular flexibility index (Phi) is 6.68. The third kappa shape index (κ3) is 5.43. The van der Waals surface area contributed by atoms with Crippen molar-refractivity contribution in [2.24, 2.45) is 0 Å². The number of hydrogen-bond acceptors (Lipinski definition) is 4. The van der Waals surface area contributed by atoms with Gasteiger partial charge >= 0.3 is 0 Å². The van der Waals surface area contributed by atoms with Crippen LogP contribution in [-0.2, 0) is 4.79 Å². The normalized spacial score (nSPS) is 16.4. The summed E-state index contributed by atoms with van der Waals surface area (Å²) in [6.07, 6.45) is 0. The molecule has 0 radical (unpaired) electrons. The Bertz CT molecular complexity index is 735. The first kappa shape index (κ1) is 19.6. The fraction of sp³-hybridized carbons (Fsp3) is 0.350. The fourth-order valence-electron chi connectivity index (χ4n) is 3.14. The van der Waals surface area contributed by atoms with Crippen molar-refractivity contribution >= 4 is 29.0 Å². The smallest absolute Gasteiger partial charge is 0.288 e. The minimum atomic E-state index is -2.44. The SMILES string of the molecule is C[C@@H](C(=O)Nc1ccc(SC(F)F)cc1)N1CCN(c2ccccc2)CC1. The fourth-order valence-corrected chi connectivity index (χ4v) is 3.64. The molecular formula is C20H23F2N3OS. The van der Waals surface area contributed by atoms with Gasteiger partial charge in [0, 0.05) is 42.4 Å². The Morgan fingerprint density at radius 3 is 2.22 bits per heavy atom. The number of carbonyl (C=O) groups is 1. The van der Waals surface area contributed by atoms with E-state index in [-0.39, 0.29) is 11.9 Å². The van der Waals surface area contributed by atoms with Crippen molar-refractivity contribution in [2.45, 2.75) is 23.6 Å². The Hall–Kier alpha value is -2.12. The summed E-state index contributed by atoms with van der Waals surface area (Å²) >= 11 is 0.494. The molecule has 0 spiro atoms. The second-order valence-electron chi connectivity index (χ2n) is 6.43. The molecular weight excluding hydrogens is 368 g/mol. The maximum atomic E-state index is 12.5. The Morgan fingerprint density at radius 1 is 1.00 bits per heavy atom. The van der Waals surface area contributed by atoms with Crippen LogP contribution < -0.4 is 10.2 Å². The lowest BCUT2D eigenvalue weighted by molar-refractivity contribution is -0.120. The third-order valence-corrected chi connectivity index (χ3v) is 5.43. The van der Waals surface area contributed by atoms with Crippen LogP contribution in [0.2, 0.25) is 0 Å². The number of hydrogen-bond donors (Lipinski definition) is 1. The topological polar surface area (TPSA) is 35.6 Å². The summed E-state index contributed by atoms with van der Waals surface area (Å²) in [4.78, 5) is 17.5. The second kappa shape index (κ2) is 9.19. The van der Waals surface area contributed by atoms with Crippen LogP contribution >= 0.6 is 11.8 Å². The number of anilines is 2. The van der Waals surface area contributed by atoms with Gasteiger partial charge in [0.15, 0.2) is 0 Å². The number of halogens is 2. The number of benzene rings is 2. The monoisotopic (exact) mass is 391 g/mol. The van der Waals surface area contributed by atoms with Crippen LogP contribution in [0.15, 0.2) is 59.5 Å². The highest BCUT2D eigenvalue weighted by molar-refractivity contribution is 7.99. The molecule has 1 aliphatic heterocycles. The first-order valence-corrected chi connectivity index (χ1v) is 9.80. The van der Waals surface area contributed by atoms with Gasteiger partial charge in [-0.1, -0.05) is 30.0 Å². The van der Waals surface area contributed by atoms with Gasteiger partial charge in [0.1, 0.15) is 0 Å². The standard InChI is InChI=1S/C20H23F2N3OS/c1-15(19(26)23-16-7-9-18(10-8-16)27-20(21)22)24-11-13-25(14-12-24)17-5-3-2-4-6-17/h2-10,15,20H,11-14H2,1H3,(H,23,26)/t15-/m0/s1. The average molecular weight is 391 g/mol. The van der Waals surface area contributed by atoms with E-state index in [1.807, 2.05) is 25.1 Å². The van der Waals surface area contributed by atoms with Crippen molar-refractivity contribution in [3.8, 4) is 0 Å². The summed E-state index contributed by atoms with van der Waals surface area (Å²) in [7, 11) is 0. The molecule has 27 heavy (non-hydrogen) atoms. The number of nitrogens with one attached hydrogen (secondary N) is 1. The molecule has 2 aromatic carbocycles. The van der Waals surface area contributed by atoms with E-state index in [2.05, 4.69) is 27.2 Å². The zero-order chi connectivity index (χ0) is 19.2. The highest BCUT2D eigenvalue weighted by atomic mass is 32.2. The summed E-state index contributed by atoms with van der Waals surface area (Å²) in [6.45, 7) is 5.28. The van der Waals surface area contributed by atoms with Gasteiger partial charge in [-0.25, -0.2) is 0 Å². The number of carbonyl (C=O) groups excluding carboxylic acids is 1. The molecule has 0 saturated carbocycles. The summed E-state index contributed by atoms with van der Waals surface area (Å²) in [5.74, 6) is -2.53. The highest BCUT2D eigenvalue weighted by Gasteiger charge is 2.25. The van der Waals surface area contributed by atoms with Crippen molar-refractivity contribution in [2.75, 3.05) is 36.4 Å². The molecule has 1 amide bonds. The van der Waals surface area contributed by atoms with E-state index >= 15 is 0 Å². The van der Waals surface area contributed by atoms with Crippen LogP contribution in [0.5, 0.6) is 0 Å². The predicted molar refractivity (Wildman–Crippen MR) is 107 cm³/mol. The van der Waals surface area contributed by atoms with E-state index in [4.69, 9.17) is 0 Å². The number of rotatable bonds is 6. The molecule has 0 unspecified atom stereocenters. The maximum absolute atomic E-state index is 12.5. The van der Waals surface area contributed by atoms with Crippen molar-refractivity contribution in [1.82, 2.24) is 4.90 Å². The van der Waals surface area contributed by atoms with E-state index in [1.54, 1.807) is 24.3 Å². The second-order valence-corrected chi connectivity index (χ2v) is 7.49. The summed E-state index contributed by atoms with van der Waals surface area (Å²) in [5.41, 5.74) is 1.82. The maximum Gasteiger partial charge on any atom is 0.288 e. The van der Waals surface area contributed by atoms with Gasteiger partial charge in [-0.2, -0.15) is 8.78 Å². The Labute approximate surface area is 162 Å². The van der Waals surface area contributed by atoms with Gasteiger partial charge < -0.3 is 10.2 Å². The summed E-state index contributed by atoms with van der Waals surface area (Å²) in [5, 5.41) is 2.87. The molecule has 1 heterocycles. The van der Waals surface area contributed by atoms with E-state index in [9.17, 15) is 13.6 Å². The lowest BCUT2D eigenvalue weighted by Gasteiger charge is -2.38. The van der Waals surface area contributed by atoms with Crippen molar-refractivity contribution in [3.63, 3.8) is 0 Å².